The summed E-state index contributed by atoms with van der Waals surface area (Å²) < 4.78 is 10.0. The predicted octanol–water partition coefficient (Wildman–Crippen LogP) is 2.67. The van der Waals surface area contributed by atoms with Crippen LogP contribution >= 0.6 is 11.8 Å². The lowest BCUT2D eigenvalue weighted by Gasteiger charge is -2.17. The second kappa shape index (κ2) is 10.4. The van der Waals surface area contributed by atoms with Gasteiger partial charge in [-0.1, -0.05) is 12.1 Å². The van der Waals surface area contributed by atoms with Crippen LogP contribution in [0, 0.1) is 0 Å². The van der Waals surface area contributed by atoms with Crippen LogP contribution < -0.4 is 10.1 Å². The molecule has 7 nitrogen and oxygen atoms in total. The van der Waals surface area contributed by atoms with Gasteiger partial charge in [0.15, 0.2) is 6.61 Å². The van der Waals surface area contributed by atoms with Gasteiger partial charge in [-0.2, -0.15) is 0 Å². The maximum atomic E-state index is 12.2. The molecule has 2 aromatic carbocycles. The topological polar surface area (TPSA) is 84.9 Å². The van der Waals surface area contributed by atoms with Crippen molar-refractivity contribution in [3.63, 3.8) is 0 Å². The van der Waals surface area contributed by atoms with Gasteiger partial charge >= 0.3 is 5.97 Å². The molecular weight excluding hydrogens is 380 g/mol. The highest BCUT2D eigenvalue weighted by atomic mass is 32.2. The van der Waals surface area contributed by atoms with E-state index in [1.54, 1.807) is 30.3 Å². The van der Waals surface area contributed by atoms with E-state index in [4.69, 9.17) is 9.47 Å². The van der Waals surface area contributed by atoms with Crippen LogP contribution in [0.5, 0.6) is 5.75 Å². The fourth-order valence-corrected chi connectivity index (χ4v) is 2.84. The molecule has 1 N–H and O–H groups in total. The van der Waals surface area contributed by atoms with Crippen molar-refractivity contribution in [1.29, 1.82) is 0 Å². The molecule has 8 heteroatoms. The van der Waals surface area contributed by atoms with Gasteiger partial charge in [-0.05, 0) is 42.7 Å². The molecule has 28 heavy (non-hydrogen) atoms. The molecule has 2 aromatic rings. The average Bonchev–Trinajstić information content (AvgIpc) is 2.72. The molecule has 0 aliphatic heterocycles. The molecule has 0 unspecified atom stereocenters. The van der Waals surface area contributed by atoms with E-state index in [9.17, 15) is 14.4 Å². The Hall–Kier alpha value is -3.00. The maximum Gasteiger partial charge on any atom is 0.338 e. The summed E-state index contributed by atoms with van der Waals surface area (Å²) in [7, 11) is 3.00. The molecule has 0 atom stereocenters. The Labute approximate surface area is 168 Å². The first kappa shape index (κ1) is 21.3. The zero-order valence-electron chi connectivity index (χ0n) is 15.9. The van der Waals surface area contributed by atoms with Gasteiger partial charge in [-0.25, -0.2) is 4.79 Å². The van der Waals surface area contributed by atoms with Gasteiger partial charge in [0.25, 0.3) is 5.91 Å². The van der Waals surface area contributed by atoms with Crippen LogP contribution in [-0.4, -0.2) is 56.2 Å². The number of hydrogen-bond donors (Lipinski definition) is 1. The minimum Gasteiger partial charge on any atom is -0.497 e. The van der Waals surface area contributed by atoms with Crippen LogP contribution in [0.2, 0.25) is 0 Å². The number of para-hydroxylation sites is 1. The van der Waals surface area contributed by atoms with Gasteiger partial charge in [0.2, 0.25) is 5.91 Å². The van der Waals surface area contributed by atoms with Gasteiger partial charge < -0.3 is 19.7 Å². The van der Waals surface area contributed by atoms with Crippen molar-refractivity contribution in [3.05, 3.63) is 54.1 Å². The number of carbonyl (C=O) groups is 3. The number of amides is 2. The van der Waals surface area contributed by atoms with E-state index in [1.807, 2.05) is 24.5 Å². The SMILES string of the molecule is COc1ccc(C(=O)OCC(=O)N(C)CC(=O)Nc2ccccc2SC)cc1. The summed E-state index contributed by atoms with van der Waals surface area (Å²) in [5, 5.41) is 2.78. The van der Waals surface area contributed by atoms with Crippen LogP contribution in [-0.2, 0) is 14.3 Å². The molecule has 0 aromatic heterocycles. The van der Waals surface area contributed by atoms with Gasteiger partial charge in [0.05, 0.1) is 24.9 Å². The zero-order chi connectivity index (χ0) is 20.5. The number of nitrogens with one attached hydrogen (secondary N) is 1. The number of anilines is 1. The van der Waals surface area contributed by atoms with Crippen LogP contribution in [0.4, 0.5) is 5.69 Å². The van der Waals surface area contributed by atoms with Crippen LogP contribution in [0.25, 0.3) is 0 Å². The van der Waals surface area contributed by atoms with Crippen molar-refractivity contribution in [2.45, 2.75) is 4.90 Å². The third-order valence-electron chi connectivity index (χ3n) is 3.84. The summed E-state index contributed by atoms with van der Waals surface area (Å²) in [6.45, 7) is -0.600. The Morgan fingerprint density at radius 2 is 1.75 bits per heavy atom. The molecule has 0 heterocycles. The maximum absolute atomic E-state index is 12.2. The minimum absolute atomic E-state index is 0.151. The number of thioether (sulfide) groups is 1. The van der Waals surface area contributed by atoms with Crippen molar-refractivity contribution < 1.29 is 23.9 Å². The molecule has 0 aliphatic carbocycles. The minimum atomic E-state index is -0.622. The van der Waals surface area contributed by atoms with Crippen molar-refractivity contribution in [2.24, 2.45) is 0 Å². The van der Waals surface area contributed by atoms with Crippen molar-refractivity contribution >= 4 is 35.2 Å². The number of benzene rings is 2. The Morgan fingerprint density at radius 1 is 1.07 bits per heavy atom. The molecule has 2 rings (SSSR count). The monoisotopic (exact) mass is 402 g/mol. The third kappa shape index (κ3) is 6.02. The number of ether oxygens (including phenoxy) is 2. The summed E-state index contributed by atoms with van der Waals surface area (Å²) in [6.07, 6.45) is 1.91. The van der Waals surface area contributed by atoms with E-state index in [-0.39, 0.29) is 12.5 Å². The fourth-order valence-electron chi connectivity index (χ4n) is 2.29. The zero-order valence-corrected chi connectivity index (χ0v) is 16.7. The van der Waals surface area contributed by atoms with E-state index >= 15 is 0 Å². The Kier molecular flexibility index (Phi) is 7.88. The first-order chi connectivity index (χ1) is 13.4. The standard InChI is InChI=1S/C20H22N2O5S/c1-22(12-18(23)21-16-6-4-5-7-17(16)28-3)19(24)13-27-20(25)14-8-10-15(26-2)11-9-14/h4-11H,12-13H2,1-3H3,(H,21,23). The highest BCUT2D eigenvalue weighted by Crippen LogP contribution is 2.24. The molecule has 0 saturated carbocycles. The van der Waals surface area contributed by atoms with Gasteiger partial charge in [0.1, 0.15) is 5.75 Å². The average molecular weight is 402 g/mol. The van der Waals surface area contributed by atoms with E-state index in [0.717, 1.165) is 4.90 Å². The molecule has 0 bridgehead atoms. The van der Waals surface area contributed by atoms with E-state index in [0.29, 0.717) is 17.0 Å². The highest BCUT2D eigenvalue weighted by molar-refractivity contribution is 7.98. The number of methoxy groups -OCH3 is 1. The number of rotatable bonds is 8. The smallest absolute Gasteiger partial charge is 0.338 e. The summed E-state index contributed by atoms with van der Waals surface area (Å²) in [5.74, 6) is -0.821. The Balaban J connectivity index is 1.83. The molecule has 0 radical (unpaired) electrons. The number of nitrogens with zero attached hydrogens (tertiary/aromatic N) is 1. The van der Waals surface area contributed by atoms with Gasteiger partial charge in [0, 0.05) is 11.9 Å². The largest absolute Gasteiger partial charge is 0.497 e. The lowest BCUT2D eigenvalue weighted by Crippen LogP contribution is -2.37. The Bertz CT molecular complexity index is 839. The second-order valence-electron chi connectivity index (χ2n) is 5.80. The molecule has 0 saturated heterocycles. The molecular formula is C20H22N2O5S. The first-order valence-corrected chi connectivity index (χ1v) is 9.65. The van der Waals surface area contributed by atoms with Crippen molar-refractivity contribution in [2.75, 3.05) is 38.9 Å². The summed E-state index contributed by atoms with van der Waals surface area (Å²) in [4.78, 5) is 38.4. The van der Waals surface area contributed by atoms with E-state index in [2.05, 4.69) is 5.32 Å². The molecule has 0 spiro atoms. The van der Waals surface area contributed by atoms with Gasteiger partial charge in [-0.3, -0.25) is 9.59 Å². The quantitative estimate of drug-likeness (QED) is 0.540. The van der Waals surface area contributed by atoms with E-state index in [1.165, 1.54) is 30.8 Å². The fraction of sp³-hybridized carbons (Fsp3) is 0.250. The number of carbonyl (C=O) groups excluding carboxylic acids is 3. The number of likely N-dealkylation sites (N-methyl/N-ethyl adjacent to an activating group) is 1. The lowest BCUT2D eigenvalue weighted by molar-refractivity contribution is -0.136. The third-order valence-corrected chi connectivity index (χ3v) is 4.64. The molecule has 0 fully saturated rings. The van der Waals surface area contributed by atoms with Crippen molar-refractivity contribution in [3.8, 4) is 5.75 Å². The summed E-state index contributed by atoms with van der Waals surface area (Å²) >= 11 is 1.51. The highest BCUT2D eigenvalue weighted by Gasteiger charge is 2.16. The van der Waals surface area contributed by atoms with Crippen molar-refractivity contribution in [1.82, 2.24) is 4.90 Å². The van der Waals surface area contributed by atoms with Crippen LogP contribution in [0.15, 0.2) is 53.4 Å². The Morgan fingerprint density at radius 3 is 2.39 bits per heavy atom. The molecule has 0 aliphatic rings. The summed E-state index contributed by atoms with van der Waals surface area (Å²) in [6, 6.07) is 13.7. The van der Waals surface area contributed by atoms with Crippen LogP contribution in [0.1, 0.15) is 10.4 Å². The first-order valence-electron chi connectivity index (χ1n) is 8.42. The van der Waals surface area contributed by atoms with E-state index < -0.39 is 18.5 Å². The predicted molar refractivity (Wildman–Crippen MR) is 108 cm³/mol. The number of hydrogen-bond acceptors (Lipinski definition) is 6. The molecule has 148 valence electrons. The lowest BCUT2D eigenvalue weighted by atomic mass is 10.2. The normalized spacial score (nSPS) is 10.1. The van der Waals surface area contributed by atoms with Crippen LogP contribution in [0.3, 0.4) is 0 Å². The number of esters is 1. The second-order valence-corrected chi connectivity index (χ2v) is 6.65. The van der Waals surface area contributed by atoms with Gasteiger partial charge in [-0.15, -0.1) is 11.8 Å². The summed E-state index contributed by atoms with van der Waals surface area (Å²) in [5.41, 5.74) is 0.995. The molecule has 2 amide bonds.